The number of hydrogen-bond donors (Lipinski definition) is 0. The summed E-state index contributed by atoms with van der Waals surface area (Å²) in [6.07, 6.45) is 2.63. The first-order valence-electron chi connectivity index (χ1n) is 9.68. The largest absolute Gasteiger partial charge is 0.497 e. The molecule has 1 saturated heterocycles. The number of ether oxygens (including phenoxy) is 1. The molecule has 0 amide bonds. The highest BCUT2D eigenvalue weighted by molar-refractivity contribution is 5.85. The van der Waals surface area contributed by atoms with Crippen LogP contribution in [0.3, 0.4) is 0 Å². The maximum atomic E-state index is 5.26. The zero-order valence-electron chi connectivity index (χ0n) is 16.5. The third-order valence-electron chi connectivity index (χ3n) is 5.11. The molecule has 6 heteroatoms. The van der Waals surface area contributed by atoms with Gasteiger partial charge in [0.2, 0.25) is 0 Å². The number of rotatable bonds is 6. The fourth-order valence-corrected chi connectivity index (χ4v) is 3.65. The molecule has 5 nitrogen and oxygen atoms in total. The van der Waals surface area contributed by atoms with Crippen molar-refractivity contribution < 1.29 is 4.74 Å². The average molecular weight is 399 g/mol. The van der Waals surface area contributed by atoms with Gasteiger partial charge < -0.3 is 4.74 Å². The van der Waals surface area contributed by atoms with Gasteiger partial charge in [0.15, 0.2) is 11.6 Å². The topological polar surface area (TPSA) is 43.2 Å². The van der Waals surface area contributed by atoms with Gasteiger partial charge in [0, 0.05) is 24.2 Å². The molecule has 3 aromatic rings. The third-order valence-corrected chi connectivity index (χ3v) is 5.11. The maximum Gasteiger partial charge on any atom is 0.181 e. The molecular weight excluding hydrogens is 372 g/mol. The lowest BCUT2D eigenvalue weighted by atomic mass is 10.1. The van der Waals surface area contributed by atoms with Crippen molar-refractivity contribution in [1.82, 2.24) is 19.7 Å². The summed E-state index contributed by atoms with van der Waals surface area (Å²) in [5, 5.41) is 4.75. The van der Waals surface area contributed by atoms with Gasteiger partial charge in [0.25, 0.3) is 0 Å². The molecule has 1 fully saturated rings. The van der Waals surface area contributed by atoms with E-state index in [2.05, 4.69) is 36.1 Å². The van der Waals surface area contributed by atoms with Crippen LogP contribution in [0.2, 0.25) is 0 Å². The number of nitrogens with zero attached hydrogens (tertiary/aromatic N) is 4. The molecule has 28 heavy (non-hydrogen) atoms. The van der Waals surface area contributed by atoms with E-state index < -0.39 is 0 Å². The van der Waals surface area contributed by atoms with Crippen LogP contribution in [-0.2, 0) is 13.1 Å². The van der Waals surface area contributed by atoms with Crippen LogP contribution in [-0.4, -0.2) is 39.9 Å². The monoisotopic (exact) mass is 398 g/mol. The first kappa shape index (κ1) is 20.4. The van der Waals surface area contributed by atoms with Crippen LogP contribution < -0.4 is 4.74 Å². The summed E-state index contributed by atoms with van der Waals surface area (Å²) in [6, 6.07) is 16.6. The second kappa shape index (κ2) is 9.22. The first-order valence-corrected chi connectivity index (χ1v) is 9.68. The number of aromatic nitrogens is 3. The third kappa shape index (κ3) is 4.37. The lowest BCUT2D eigenvalue weighted by Gasteiger charge is -2.14. The summed E-state index contributed by atoms with van der Waals surface area (Å²) in [7, 11) is 1.68. The SMILES string of the molecule is CCn1nc(-c2cccc(CN3CCCC3)c2)nc1-c1ccc(OC)cc1.Cl. The van der Waals surface area contributed by atoms with Gasteiger partial charge in [-0.25, -0.2) is 9.67 Å². The van der Waals surface area contributed by atoms with E-state index in [1.165, 1.54) is 31.5 Å². The molecule has 0 radical (unpaired) electrons. The van der Waals surface area contributed by atoms with Gasteiger partial charge in [-0.3, -0.25) is 4.90 Å². The van der Waals surface area contributed by atoms with Crippen LogP contribution in [0.5, 0.6) is 5.75 Å². The minimum Gasteiger partial charge on any atom is -0.497 e. The summed E-state index contributed by atoms with van der Waals surface area (Å²) in [5.74, 6) is 2.52. The highest BCUT2D eigenvalue weighted by atomic mass is 35.5. The molecule has 2 heterocycles. The predicted octanol–water partition coefficient (Wildman–Crippen LogP) is 4.66. The number of likely N-dealkylation sites (tertiary alicyclic amines) is 1. The molecule has 0 spiro atoms. The van der Waals surface area contributed by atoms with Crippen LogP contribution >= 0.6 is 12.4 Å². The van der Waals surface area contributed by atoms with E-state index >= 15 is 0 Å². The molecule has 0 N–H and O–H groups in total. The average Bonchev–Trinajstić information content (AvgIpc) is 3.38. The molecule has 0 atom stereocenters. The van der Waals surface area contributed by atoms with E-state index in [0.29, 0.717) is 0 Å². The minimum absolute atomic E-state index is 0. The van der Waals surface area contributed by atoms with E-state index in [4.69, 9.17) is 14.8 Å². The second-order valence-electron chi connectivity index (χ2n) is 6.99. The van der Waals surface area contributed by atoms with Gasteiger partial charge in [0.05, 0.1) is 7.11 Å². The molecule has 1 aromatic heterocycles. The number of benzene rings is 2. The van der Waals surface area contributed by atoms with Crippen LogP contribution in [0.4, 0.5) is 0 Å². The summed E-state index contributed by atoms with van der Waals surface area (Å²) in [6.45, 7) is 6.29. The van der Waals surface area contributed by atoms with Gasteiger partial charge in [-0.15, -0.1) is 12.4 Å². The number of hydrogen-bond acceptors (Lipinski definition) is 4. The zero-order valence-corrected chi connectivity index (χ0v) is 17.3. The molecule has 1 aliphatic rings. The van der Waals surface area contributed by atoms with Gasteiger partial charge in [-0.05, 0) is 68.8 Å². The maximum absolute atomic E-state index is 5.26. The molecule has 0 unspecified atom stereocenters. The van der Waals surface area contributed by atoms with E-state index in [-0.39, 0.29) is 12.4 Å². The summed E-state index contributed by atoms with van der Waals surface area (Å²) < 4.78 is 7.22. The Morgan fingerprint density at radius 2 is 1.75 bits per heavy atom. The van der Waals surface area contributed by atoms with Gasteiger partial charge in [-0.2, -0.15) is 5.10 Å². The lowest BCUT2D eigenvalue weighted by Crippen LogP contribution is -2.18. The first-order chi connectivity index (χ1) is 13.3. The van der Waals surface area contributed by atoms with Crippen molar-refractivity contribution in [1.29, 1.82) is 0 Å². The smallest absolute Gasteiger partial charge is 0.181 e. The highest BCUT2D eigenvalue weighted by Gasteiger charge is 2.15. The Kier molecular flexibility index (Phi) is 6.70. The van der Waals surface area contributed by atoms with Gasteiger partial charge >= 0.3 is 0 Å². The van der Waals surface area contributed by atoms with Crippen molar-refractivity contribution in [2.24, 2.45) is 0 Å². The molecule has 0 aliphatic carbocycles. The molecule has 0 bridgehead atoms. The molecule has 0 saturated carbocycles. The van der Waals surface area contributed by atoms with E-state index in [1.54, 1.807) is 7.11 Å². The Labute approximate surface area is 172 Å². The quantitative estimate of drug-likeness (QED) is 0.605. The van der Waals surface area contributed by atoms with Crippen molar-refractivity contribution in [3.05, 3.63) is 54.1 Å². The molecule has 1 aliphatic heterocycles. The van der Waals surface area contributed by atoms with Crippen molar-refractivity contribution in [2.75, 3.05) is 20.2 Å². The predicted molar refractivity (Wildman–Crippen MR) is 115 cm³/mol. The van der Waals surface area contributed by atoms with Crippen LogP contribution in [0.25, 0.3) is 22.8 Å². The van der Waals surface area contributed by atoms with Crippen molar-refractivity contribution >= 4 is 12.4 Å². The number of aryl methyl sites for hydroxylation is 1. The van der Waals surface area contributed by atoms with Gasteiger partial charge in [-0.1, -0.05) is 18.2 Å². The molecule has 2 aromatic carbocycles. The summed E-state index contributed by atoms with van der Waals surface area (Å²) in [5.41, 5.74) is 3.45. The Balaban J connectivity index is 0.00000225. The van der Waals surface area contributed by atoms with E-state index in [1.807, 2.05) is 28.9 Å². The zero-order chi connectivity index (χ0) is 18.6. The summed E-state index contributed by atoms with van der Waals surface area (Å²) in [4.78, 5) is 7.36. The van der Waals surface area contributed by atoms with Crippen LogP contribution in [0.15, 0.2) is 48.5 Å². The number of methoxy groups -OCH3 is 1. The van der Waals surface area contributed by atoms with Crippen molar-refractivity contribution in [3.8, 4) is 28.5 Å². The van der Waals surface area contributed by atoms with E-state index in [0.717, 1.165) is 41.6 Å². The summed E-state index contributed by atoms with van der Waals surface area (Å²) >= 11 is 0. The lowest BCUT2D eigenvalue weighted by molar-refractivity contribution is 0.331. The molecular formula is C22H27ClN4O. The molecule has 4 rings (SSSR count). The van der Waals surface area contributed by atoms with Crippen molar-refractivity contribution in [2.45, 2.75) is 32.9 Å². The second-order valence-corrected chi connectivity index (χ2v) is 6.99. The normalized spacial score (nSPS) is 14.1. The Bertz CT molecular complexity index is 901. The van der Waals surface area contributed by atoms with Crippen LogP contribution in [0.1, 0.15) is 25.3 Å². The molecule has 148 valence electrons. The standard InChI is InChI=1S/C22H26N4O.ClH/c1-3-26-22(18-9-11-20(27-2)12-10-18)23-21(24-26)19-8-6-7-17(15-19)16-25-13-4-5-14-25;/h6-12,15H,3-5,13-14,16H2,1-2H3;1H. The minimum atomic E-state index is 0. The Morgan fingerprint density at radius 1 is 1.00 bits per heavy atom. The van der Waals surface area contributed by atoms with E-state index in [9.17, 15) is 0 Å². The van der Waals surface area contributed by atoms with Crippen LogP contribution in [0, 0.1) is 0 Å². The highest BCUT2D eigenvalue weighted by Crippen LogP contribution is 2.25. The number of halogens is 1. The van der Waals surface area contributed by atoms with Crippen molar-refractivity contribution in [3.63, 3.8) is 0 Å². The fraction of sp³-hybridized carbons (Fsp3) is 0.364. The fourth-order valence-electron chi connectivity index (χ4n) is 3.65. The Morgan fingerprint density at radius 3 is 2.43 bits per heavy atom. The Hall–Kier alpha value is -2.37. The van der Waals surface area contributed by atoms with Gasteiger partial charge in [0.1, 0.15) is 5.75 Å².